The molecule has 5 nitrogen and oxygen atoms in total. The van der Waals surface area contributed by atoms with E-state index in [1.165, 1.54) is 19.2 Å². The Morgan fingerprint density at radius 2 is 2.23 bits per heavy atom. The minimum Gasteiger partial charge on any atom is -0.496 e. The Balaban J connectivity index is 1.72. The Labute approximate surface area is 152 Å². The van der Waals surface area contributed by atoms with Gasteiger partial charge in [-0.1, -0.05) is 6.07 Å². The van der Waals surface area contributed by atoms with Crippen molar-refractivity contribution in [2.24, 2.45) is 5.92 Å². The lowest BCUT2D eigenvalue weighted by atomic mass is 9.74. The van der Waals surface area contributed by atoms with Gasteiger partial charge in [0, 0.05) is 24.4 Å². The minimum atomic E-state index is -0.384. The fourth-order valence-electron chi connectivity index (χ4n) is 3.35. The van der Waals surface area contributed by atoms with Gasteiger partial charge < -0.3 is 15.2 Å². The second-order valence-corrected chi connectivity index (χ2v) is 6.68. The van der Waals surface area contributed by atoms with Crippen LogP contribution >= 0.6 is 0 Å². The third-order valence-electron chi connectivity index (χ3n) is 4.83. The summed E-state index contributed by atoms with van der Waals surface area (Å²) in [5, 5.41) is 12.7. The number of carbonyl (C=O) groups is 1. The zero-order chi connectivity index (χ0) is 18.5. The molecule has 0 spiro atoms. The number of aliphatic hydroxyl groups is 1. The first-order valence-electron chi connectivity index (χ1n) is 8.76. The van der Waals surface area contributed by atoms with Gasteiger partial charge in [0.1, 0.15) is 11.6 Å². The second kappa shape index (κ2) is 8.27. The van der Waals surface area contributed by atoms with Gasteiger partial charge in [0.15, 0.2) is 0 Å². The molecule has 6 heteroatoms. The van der Waals surface area contributed by atoms with Crippen molar-refractivity contribution < 1.29 is 19.0 Å². The number of amides is 1. The average molecular weight is 358 g/mol. The largest absolute Gasteiger partial charge is 0.496 e. The van der Waals surface area contributed by atoms with Crippen LogP contribution in [0.15, 0.2) is 42.7 Å². The number of nitrogens with zero attached hydrogens (tertiary/aromatic N) is 1. The summed E-state index contributed by atoms with van der Waals surface area (Å²) >= 11 is 0. The summed E-state index contributed by atoms with van der Waals surface area (Å²) in [6.07, 6.45) is 5.12. The van der Waals surface area contributed by atoms with Crippen molar-refractivity contribution >= 4 is 5.91 Å². The predicted molar refractivity (Wildman–Crippen MR) is 95.1 cm³/mol. The first-order valence-corrected chi connectivity index (χ1v) is 8.76. The van der Waals surface area contributed by atoms with Crippen LogP contribution in [0, 0.1) is 11.7 Å². The summed E-state index contributed by atoms with van der Waals surface area (Å²) in [6, 6.07) is 7.67. The molecule has 2 aromatic rings. The third kappa shape index (κ3) is 4.38. The van der Waals surface area contributed by atoms with Crippen molar-refractivity contribution in [3.63, 3.8) is 0 Å². The molecule has 0 saturated heterocycles. The molecule has 2 N–H and O–H groups in total. The topological polar surface area (TPSA) is 71.5 Å². The Morgan fingerprint density at radius 3 is 2.88 bits per heavy atom. The maximum Gasteiger partial charge on any atom is 0.220 e. The fourth-order valence-corrected chi connectivity index (χ4v) is 3.35. The molecule has 1 heterocycles. The highest BCUT2D eigenvalue weighted by Crippen LogP contribution is 2.41. The number of aliphatic hydroxyl groups excluding tert-OH is 1. The maximum absolute atomic E-state index is 13.8. The molecule has 1 aliphatic rings. The van der Waals surface area contributed by atoms with E-state index in [-0.39, 0.29) is 29.8 Å². The van der Waals surface area contributed by atoms with Gasteiger partial charge in [0.05, 0.1) is 19.3 Å². The molecule has 0 bridgehead atoms. The number of benzene rings is 1. The number of hydrogen-bond acceptors (Lipinski definition) is 4. The molecule has 0 radical (unpaired) electrons. The fraction of sp³-hybridized carbons (Fsp3) is 0.400. The summed E-state index contributed by atoms with van der Waals surface area (Å²) in [6.45, 7) is 0. The van der Waals surface area contributed by atoms with E-state index in [2.05, 4.69) is 10.3 Å². The standard InChI is InChI=1S/C20H23FN2O3/c1-26-18-6-5-15(21)11-17(18)20(14-9-16(24)10-14)23-19(25)7-4-13-3-2-8-22-12-13/h2-3,5-6,8,11-12,14,16,20,24H,4,7,9-10H2,1H3,(H,23,25)/t14?,16?,20-/m1/s1. The molecular weight excluding hydrogens is 335 g/mol. The van der Waals surface area contributed by atoms with Crippen LogP contribution in [0.2, 0.25) is 0 Å². The maximum atomic E-state index is 13.8. The van der Waals surface area contributed by atoms with Crippen LogP contribution in [0.1, 0.15) is 36.4 Å². The molecule has 0 unspecified atom stereocenters. The Hall–Kier alpha value is -2.47. The van der Waals surface area contributed by atoms with Crippen LogP contribution in [0.3, 0.4) is 0 Å². The average Bonchev–Trinajstić information content (AvgIpc) is 2.63. The number of carbonyl (C=O) groups excluding carboxylic acids is 1. The number of rotatable bonds is 7. The third-order valence-corrected chi connectivity index (χ3v) is 4.83. The molecule has 1 saturated carbocycles. The van der Waals surface area contributed by atoms with E-state index in [1.54, 1.807) is 18.5 Å². The summed E-state index contributed by atoms with van der Waals surface area (Å²) < 4.78 is 19.1. The van der Waals surface area contributed by atoms with E-state index in [4.69, 9.17) is 4.74 Å². The van der Waals surface area contributed by atoms with Crippen molar-refractivity contribution in [3.05, 3.63) is 59.7 Å². The number of methoxy groups -OCH3 is 1. The normalized spacial score (nSPS) is 20.1. The molecular formula is C20H23FN2O3. The number of pyridine rings is 1. The van der Waals surface area contributed by atoms with Gasteiger partial charge in [-0.2, -0.15) is 0 Å². The Kier molecular flexibility index (Phi) is 5.83. The molecule has 26 heavy (non-hydrogen) atoms. The van der Waals surface area contributed by atoms with Crippen LogP contribution in [0.4, 0.5) is 4.39 Å². The van der Waals surface area contributed by atoms with E-state index in [9.17, 15) is 14.3 Å². The minimum absolute atomic E-state index is 0.0584. The van der Waals surface area contributed by atoms with Crippen LogP contribution in [-0.4, -0.2) is 29.2 Å². The van der Waals surface area contributed by atoms with Crippen LogP contribution in [-0.2, 0) is 11.2 Å². The molecule has 1 aromatic carbocycles. The number of aryl methyl sites for hydroxylation is 1. The summed E-state index contributed by atoms with van der Waals surface area (Å²) in [4.78, 5) is 16.5. The van der Waals surface area contributed by atoms with Gasteiger partial charge in [-0.3, -0.25) is 9.78 Å². The van der Waals surface area contributed by atoms with Gasteiger partial charge >= 0.3 is 0 Å². The molecule has 3 rings (SSSR count). The smallest absolute Gasteiger partial charge is 0.220 e. The SMILES string of the molecule is COc1ccc(F)cc1[C@H](NC(=O)CCc1cccnc1)C1CC(O)C1. The summed E-state index contributed by atoms with van der Waals surface area (Å²) in [7, 11) is 1.52. The van der Waals surface area contributed by atoms with Crippen molar-refractivity contribution in [3.8, 4) is 5.75 Å². The number of hydrogen-bond donors (Lipinski definition) is 2. The zero-order valence-corrected chi connectivity index (χ0v) is 14.7. The van der Waals surface area contributed by atoms with Gasteiger partial charge in [-0.15, -0.1) is 0 Å². The lowest BCUT2D eigenvalue weighted by molar-refractivity contribution is -0.123. The molecule has 1 amide bonds. The van der Waals surface area contributed by atoms with Gasteiger partial charge in [0.2, 0.25) is 5.91 Å². The van der Waals surface area contributed by atoms with Crippen LogP contribution in [0.5, 0.6) is 5.75 Å². The molecule has 1 aromatic heterocycles. The monoisotopic (exact) mass is 358 g/mol. The van der Waals surface area contributed by atoms with E-state index >= 15 is 0 Å². The van der Waals surface area contributed by atoms with Gasteiger partial charge in [-0.25, -0.2) is 4.39 Å². The van der Waals surface area contributed by atoms with E-state index in [0.29, 0.717) is 37.0 Å². The van der Waals surface area contributed by atoms with Crippen molar-refractivity contribution in [2.45, 2.75) is 37.8 Å². The quantitative estimate of drug-likeness (QED) is 0.798. The number of nitrogens with one attached hydrogen (secondary N) is 1. The second-order valence-electron chi connectivity index (χ2n) is 6.68. The highest BCUT2D eigenvalue weighted by molar-refractivity contribution is 5.77. The summed E-state index contributed by atoms with van der Waals surface area (Å²) in [5.74, 6) is 0.0928. The number of ether oxygens (including phenoxy) is 1. The molecule has 1 aliphatic carbocycles. The molecule has 1 atom stereocenters. The van der Waals surface area contributed by atoms with Gasteiger partial charge in [-0.05, 0) is 55.0 Å². The van der Waals surface area contributed by atoms with Crippen molar-refractivity contribution in [1.29, 1.82) is 0 Å². The van der Waals surface area contributed by atoms with E-state index < -0.39 is 0 Å². The summed E-state index contributed by atoms with van der Waals surface area (Å²) in [5.41, 5.74) is 1.60. The van der Waals surface area contributed by atoms with Crippen LogP contribution in [0.25, 0.3) is 0 Å². The van der Waals surface area contributed by atoms with Crippen LogP contribution < -0.4 is 10.1 Å². The molecule has 1 fully saturated rings. The van der Waals surface area contributed by atoms with Gasteiger partial charge in [0.25, 0.3) is 0 Å². The Bertz CT molecular complexity index is 748. The zero-order valence-electron chi connectivity index (χ0n) is 14.7. The number of halogens is 1. The van der Waals surface area contributed by atoms with Crippen molar-refractivity contribution in [1.82, 2.24) is 10.3 Å². The predicted octanol–water partition coefficient (Wildman–Crippen LogP) is 2.79. The first kappa shape index (κ1) is 18.3. The highest BCUT2D eigenvalue weighted by atomic mass is 19.1. The number of aromatic nitrogens is 1. The Morgan fingerprint density at radius 1 is 1.42 bits per heavy atom. The van der Waals surface area contributed by atoms with Crippen molar-refractivity contribution in [2.75, 3.05) is 7.11 Å². The molecule has 138 valence electrons. The highest BCUT2D eigenvalue weighted by Gasteiger charge is 2.37. The first-order chi connectivity index (χ1) is 12.6. The lowest BCUT2D eigenvalue weighted by Gasteiger charge is -2.38. The molecule has 0 aliphatic heterocycles. The lowest BCUT2D eigenvalue weighted by Crippen LogP contribution is -2.41. The van der Waals surface area contributed by atoms with E-state index in [1.807, 2.05) is 12.1 Å². The van der Waals surface area contributed by atoms with E-state index in [0.717, 1.165) is 5.56 Å².